The van der Waals surface area contributed by atoms with Crippen molar-refractivity contribution >= 4 is 22.9 Å². The highest BCUT2D eigenvalue weighted by Crippen LogP contribution is 2.23. The zero-order valence-electron chi connectivity index (χ0n) is 11.3. The number of thiophene rings is 1. The van der Waals surface area contributed by atoms with Gasteiger partial charge in [0.1, 0.15) is 0 Å². The molecule has 0 aromatic carbocycles. The van der Waals surface area contributed by atoms with Crippen molar-refractivity contribution in [3.63, 3.8) is 0 Å². The second-order valence-corrected chi connectivity index (χ2v) is 6.92. The lowest BCUT2D eigenvalue weighted by Gasteiger charge is -2.38. The largest absolute Gasteiger partial charge is 0.314 e. The van der Waals surface area contributed by atoms with Gasteiger partial charge >= 0.3 is 0 Å². The molecule has 2 unspecified atom stereocenters. The quantitative estimate of drug-likeness (QED) is 0.892. The van der Waals surface area contributed by atoms with Crippen LogP contribution in [-0.4, -0.2) is 36.6 Å². The molecule has 1 N–H and O–H groups in total. The molecule has 2 atom stereocenters. The topological polar surface area (TPSA) is 15.3 Å². The van der Waals surface area contributed by atoms with Crippen molar-refractivity contribution in [2.24, 2.45) is 0 Å². The molecule has 1 aromatic heterocycles. The van der Waals surface area contributed by atoms with Crippen molar-refractivity contribution in [1.82, 2.24) is 10.2 Å². The summed E-state index contributed by atoms with van der Waals surface area (Å²) in [5.41, 5.74) is 0. The van der Waals surface area contributed by atoms with Gasteiger partial charge in [0, 0.05) is 23.5 Å². The van der Waals surface area contributed by atoms with Gasteiger partial charge in [-0.3, -0.25) is 0 Å². The lowest BCUT2D eigenvalue weighted by atomic mass is 9.98. The molecule has 2 nitrogen and oxygen atoms in total. The van der Waals surface area contributed by atoms with Crippen molar-refractivity contribution < 1.29 is 0 Å². The number of rotatable bonds is 5. The van der Waals surface area contributed by atoms with Gasteiger partial charge in [0.25, 0.3) is 0 Å². The highest BCUT2D eigenvalue weighted by atomic mass is 35.5. The van der Waals surface area contributed by atoms with E-state index in [4.69, 9.17) is 11.6 Å². The molecular formula is C14H23ClN2S. The molecule has 0 radical (unpaired) electrons. The summed E-state index contributed by atoms with van der Waals surface area (Å²) in [7, 11) is 0. The minimum atomic E-state index is 0.693. The van der Waals surface area contributed by atoms with Crippen LogP contribution in [0.1, 0.15) is 31.6 Å². The summed E-state index contributed by atoms with van der Waals surface area (Å²) in [5, 5.41) is 3.57. The van der Waals surface area contributed by atoms with Crippen LogP contribution in [0, 0.1) is 0 Å². The zero-order chi connectivity index (χ0) is 13.0. The van der Waals surface area contributed by atoms with Crippen molar-refractivity contribution in [2.45, 2.75) is 45.2 Å². The first-order valence-electron chi connectivity index (χ1n) is 6.90. The Kier molecular flexibility index (Phi) is 5.49. The van der Waals surface area contributed by atoms with E-state index in [9.17, 15) is 0 Å². The van der Waals surface area contributed by atoms with Gasteiger partial charge in [-0.2, -0.15) is 0 Å². The zero-order valence-corrected chi connectivity index (χ0v) is 12.9. The molecule has 1 fully saturated rings. The summed E-state index contributed by atoms with van der Waals surface area (Å²) in [6.45, 7) is 8.02. The normalized spacial score (nSPS) is 25.5. The Labute approximate surface area is 119 Å². The fourth-order valence-corrected chi connectivity index (χ4v) is 3.84. The first kappa shape index (κ1) is 14.3. The van der Waals surface area contributed by atoms with Gasteiger partial charge in [-0.05, 0) is 51.4 Å². The Bertz CT molecular complexity index is 366. The standard InChI is InChI=1S/C14H23ClN2S/c1-3-16-12-6-8-17(11(2)10-12)9-7-13-4-5-14(15)18-13/h4-5,11-12,16H,3,6-10H2,1-2H3. The van der Waals surface area contributed by atoms with Crippen LogP contribution in [-0.2, 0) is 6.42 Å². The number of nitrogens with one attached hydrogen (secondary N) is 1. The average molecular weight is 287 g/mol. The molecule has 2 rings (SSSR count). The maximum absolute atomic E-state index is 5.96. The summed E-state index contributed by atoms with van der Waals surface area (Å²) in [4.78, 5) is 4.02. The van der Waals surface area contributed by atoms with Gasteiger partial charge in [0.15, 0.2) is 0 Å². The van der Waals surface area contributed by atoms with Crippen LogP contribution in [0.2, 0.25) is 4.34 Å². The Morgan fingerprint density at radius 1 is 1.50 bits per heavy atom. The van der Waals surface area contributed by atoms with Crippen molar-refractivity contribution in [2.75, 3.05) is 19.6 Å². The predicted octanol–water partition coefficient (Wildman–Crippen LogP) is 3.41. The molecule has 0 aliphatic carbocycles. The molecule has 1 aliphatic rings. The van der Waals surface area contributed by atoms with Gasteiger partial charge in [0.05, 0.1) is 4.34 Å². The van der Waals surface area contributed by atoms with Crippen molar-refractivity contribution in [3.05, 3.63) is 21.3 Å². The third kappa shape index (κ3) is 3.95. The molecule has 0 saturated carbocycles. The molecule has 0 bridgehead atoms. The molecule has 102 valence electrons. The molecule has 0 spiro atoms. The number of hydrogen-bond acceptors (Lipinski definition) is 3. The molecule has 2 heterocycles. The van der Waals surface area contributed by atoms with E-state index < -0.39 is 0 Å². The predicted molar refractivity (Wildman–Crippen MR) is 80.8 cm³/mol. The van der Waals surface area contributed by atoms with Crippen LogP contribution in [0.4, 0.5) is 0 Å². The van der Waals surface area contributed by atoms with E-state index in [0.717, 1.165) is 29.9 Å². The maximum Gasteiger partial charge on any atom is 0.0931 e. The second kappa shape index (κ2) is 6.90. The Balaban J connectivity index is 1.77. The third-order valence-corrected chi connectivity index (χ3v) is 5.07. The van der Waals surface area contributed by atoms with Crippen molar-refractivity contribution in [3.8, 4) is 0 Å². The van der Waals surface area contributed by atoms with Gasteiger partial charge in [0.2, 0.25) is 0 Å². The highest BCUT2D eigenvalue weighted by Gasteiger charge is 2.24. The molecule has 4 heteroatoms. The molecule has 1 saturated heterocycles. The Hall–Kier alpha value is -0.0900. The van der Waals surface area contributed by atoms with E-state index >= 15 is 0 Å². The highest BCUT2D eigenvalue weighted by molar-refractivity contribution is 7.16. The Morgan fingerprint density at radius 3 is 2.94 bits per heavy atom. The first-order valence-corrected chi connectivity index (χ1v) is 8.10. The van der Waals surface area contributed by atoms with Crippen LogP contribution >= 0.6 is 22.9 Å². The number of piperidine rings is 1. The lowest BCUT2D eigenvalue weighted by Crippen LogP contribution is -2.47. The van der Waals surface area contributed by atoms with Gasteiger partial charge in [-0.15, -0.1) is 11.3 Å². The van der Waals surface area contributed by atoms with E-state index in [1.54, 1.807) is 11.3 Å². The van der Waals surface area contributed by atoms with Crippen molar-refractivity contribution in [1.29, 1.82) is 0 Å². The lowest BCUT2D eigenvalue weighted by molar-refractivity contribution is 0.138. The van der Waals surface area contributed by atoms with E-state index in [1.165, 1.54) is 24.3 Å². The fourth-order valence-electron chi connectivity index (χ4n) is 2.77. The van der Waals surface area contributed by atoms with E-state index in [2.05, 4.69) is 30.1 Å². The number of halogens is 1. The summed E-state index contributed by atoms with van der Waals surface area (Å²) >= 11 is 7.67. The van der Waals surface area contributed by atoms with Gasteiger partial charge < -0.3 is 10.2 Å². The average Bonchev–Trinajstić information content (AvgIpc) is 2.74. The van der Waals surface area contributed by atoms with Crippen LogP contribution in [0.15, 0.2) is 12.1 Å². The third-order valence-electron chi connectivity index (χ3n) is 3.78. The summed E-state index contributed by atoms with van der Waals surface area (Å²) in [6.07, 6.45) is 3.69. The monoisotopic (exact) mass is 286 g/mol. The molecule has 18 heavy (non-hydrogen) atoms. The van der Waals surface area contributed by atoms with Crippen LogP contribution in [0.5, 0.6) is 0 Å². The Morgan fingerprint density at radius 2 is 2.33 bits per heavy atom. The van der Waals surface area contributed by atoms with E-state index in [1.807, 2.05) is 6.07 Å². The van der Waals surface area contributed by atoms with Crippen LogP contribution in [0.25, 0.3) is 0 Å². The SMILES string of the molecule is CCNC1CCN(CCc2ccc(Cl)s2)C(C)C1. The van der Waals surface area contributed by atoms with Gasteiger partial charge in [-0.1, -0.05) is 18.5 Å². The molecule has 1 aliphatic heterocycles. The molecule has 0 amide bonds. The molecular weight excluding hydrogens is 264 g/mol. The van der Waals surface area contributed by atoms with Crippen LogP contribution in [0.3, 0.4) is 0 Å². The van der Waals surface area contributed by atoms with E-state index in [0.29, 0.717) is 6.04 Å². The minimum Gasteiger partial charge on any atom is -0.314 e. The minimum absolute atomic E-state index is 0.693. The molecule has 1 aromatic rings. The fraction of sp³-hybridized carbons (Fsp3) is 0.714. The second-order valence-electron chi connectivity index (χ2n) is 5.12. The number of nitrogens with zero attached hydrogens (tertiary/aromatic N) is 1. The first-order chi connectivity index (χ1) is 8.69. The summed E-state index contributed by atoms with van der Waals surface area (Å²) < 4.78 is 0.906. The number of hydrogen-bond donors (Lipinski definition) is 1. The van der Waals surface area contributed by atoms with Crippen LogP contribution < -0.4 is 5.32 Å². The van der Waals surface area contributed by atoms with E-state index in [-0.39, 0.29) is 0 Å². The maximum atomic E-state index is 5.96. The number of likely N-dealkylation sites (tertiary alicyclic amines) is 1. The van der Waals surface area contributed by atoms with Gasteiger partial charge in [-0.25, -0.2) is 0 Å². The smallest absolute Gasteiger partial charge is 0.0931 e. The summed E-state index contributed by atoms with van der Waals surface area (Å²) in [6, 6.07) is 5.57. The summed E-state index contributed by atoms with van der Waals surface area (Å²) in [5.74, 6) is 0.